The van der Waals surface area contributed by atoms with Crippen LogP contribution < -0.4 is 0 Å². The molecule has 0 bridgehead atoms. The van der Waals surface area contributed by atoms with E-state index in [4.69, 9.17) is 11.6 Å². The zero-order chi connectivity index (χ0) is 12.5. The summed E-state index contributed by atoms with van der Waals surface area (Å²) in [6, 6.07) is 3.36. The van der Waals surface area contributed by atoms with Crippen LogP contribution in [0.3, 0.4) is 0 Å². The molecule has 0 aliphatic rings. The molecule has 0 aliphatic heterocycles. The molecule has 0 radical (unpaired) electrons. The van der Waals surface area contributed by atoms with E-state index in [9.17, 15) is 13.2 Å². The van der Waals surface area contributed by atoms with Crippen molar-refractivity contribution in [2.75, 3.05) is 0 Å². The van der Waals surface area contributed by atoms with Gasteiger partial charge in [-0.05, 0) is 30.2 Å². The highest BCUT2D eigenvalue weighted by molar-refractivity contribution is 9.11. The molecule has 0 aliphatic carbocycles. The topological polar surface area (TPSA) is 0 Å². The van der Waals surface area contributed by atoms with Gasteiger partial charge in [-0.15, -0.1) is 11.6 Å². The summed E-state index contributed by atoms with van der Waals surface area (Å²) >= 11 is 12.2. The summed E-state index contributed by atoms with van der Waals surface area (Å²) in [6.45, 7) is 1.85. The molecular formula is C10H8Br2ClF3. The van der Waals surface area contributed by atoms with Crippen LogP contribution in [-0.2, 0) is 0 Å². The van der Waals surface area contributed by atoms with Gasteiger partial charge in [0, 0.05) is 8.95 Å². The summed E-state index contributed by atoms with van der Waals surface area (Å²) in [7, 11) is 0. The minimum Gasteiger partial charge on any atom is -0.171 e. The molecule has 0 saturated heterocycles. The van der Waals surface area contributed by atoms with Crippen LogP contribution in [0.1, 0.15) is 22.9 Å². The lowest BCUT2D eigenvalue weighted by molar-refractivity contribution is -0.134. The molecule has 0 fully saturated rings. The van der Waals surface area contributed by atoms with Crippen LogP contribution in [0.15, 0.2) is 21.1 Å². The van der Waals surface area contributed by atoms with E-state index in [0.717, 1.165) is 10.0 Å². The zero-order valence-corrected chi connectivity index (χ0v) is 12.1. The molecule has 1 rings (SSSR count). The van der Waals surface area contributed by atoms with Crippen LogP contribution >= 0.6 is 43.5 Å². The predicted octanol–water partition coefficient (Wildman–Crippen LogP) is 5.75. The summed E-state index contributed by atoms with van der Waals surface area (Å²) in [4.78, 5) is 0. The summed E-state index contributed by atoms with van der Waals surface area (Å²) in [5.41, 5.74) is 1.38. The number of rotatable bonds is 2. The van der Waals surface area contributed by atoms with Gasteiger partial charge in [-0.3, -0.25) is 0 Å². The van der Waals surface area contributed by atoms with Crippen molar-refractivity contribution in [1.29, 1.82) is 0 Å². The Kier molecular flexibility index (Phi) is 4.72. The highest BCUT2D eigenvalue weighted by Crippen LogP contribution is 2.39. The van der Waals surface area contributed by atoms with Gasteiger partial charge in [-0.25, -0.2) is 0 Å². The van der Waals surface area contributed by atoms with Crippen molar-refractivity contribution in [2.45, 2.75) is 24.9 Å². The number of benzene rings is 1. The Morgan fingerprint density at radius 1 is 1.25 bits per heavy atom. The van der Waals surface area contributed by atoms with Crippen molar-refractivity contribution in [1.82, 2.24) is 0 Å². The molecule has 0 amide bonds. The van der Waals surface area contributed by atoms with Crippen LogP contribution in [-0.4, -0.2) is 6.18 Å². The van der Waals surface area contributed by atoms with E-state index in [0.29, 0.717) is 10.0 Å². The molecule has 16 heavy (non-hydrogen) atoms. The van der Waals surface area contributed by atoms with E-state index in [2.05, 4.69) is 31.9 Å². The van der Waals surface area contributed by atoms with Crippen molar-refractivity contribution in [2.24, 2.45) is 0 Å². The first kappa shape index (κ1) is 14.3. The Balaban J connectivity index is 3.00. The highest BCUT2D eigenvalue weighted by atomic mass is 79.9. The van der Waals surface area contributed by atoms with Gasteiger partial charge in [0.25, 0.3) is 0 Å². The van der Waals surface area contributed by atoms with Gasteiger partial charge in [0.2, 0.25) is 0 Å². The predicted molar refractivity (Wildman–Crippen MR) is 65.8 cm³/mol. The minimum absolute atomic E-state index is 0.441. The fourth-order valence-corrected chi connectivity index (χ4v) is 2.80. The van der Waals surface area contributed by atoms with Crippen LogP contribution in [0.4, 0.5) is 13.2 Å². The van der Waals surface area contributed by atoms with E-state index in [-0.39, 0.29) is 0 Å². The Morgan fingerprint density at radius 3 is 2.31 bits per heavy atom. The van der Waals surface area contributed by atoms with E-state index >= 15 is 0 Å². The fraction of sp³-hybridized carbons (Fsp3) is 0.400. The lowest BCUT2D eigenvalue weighted by Crippen LogP contribution is -2.11. The average molecular weight is 380 g/mol. The van der Waals surface area contributed by atoms with Crippen molar-refractivity contribution >= 4 is 43.5 Å². The van der Waals surface area contributed by atoms with E-state index in [1.807, 2.05) is 6.92 Å². The van der Waals surface area contributed by atoms with Crippen LogP contribution in [0, 0.1) is 6.92 Å². The monoisotopic (exact) mass is 378 g/mol. The van der Waals surface area contributed by atoms with Gasteiger partial charge in [0.15, 0.2) is 0 Å². The second-order valence-corrected chi connectivity index (χ2v) is 5.65. The minimum atomic E-state index is -4.26. The fourth-order valence-electron chi connectivity index (χ4n) is 1.21. The van der Waals surface area contributed by atoms with Crippen LogP contribution in [0.5, 0.6) is 0 Å². The summed E-state index contributed by atoms with van der Waals surface area (Å²) < 4.78 is 37.9. The van der Waals surface area contributed by atoms with Crippen LogP contribution in [0.2, 0.25) is 0 Å². The third kappa shape index (κ3) is 3.93. The second-order valence-electron chi connectivity index (χ2n) is 3.41. The molecule has 1 unspecified atom stereocenters. The Bertz CT molecular complexity index is 390. The molecule has 0 nitrogen and oxygen atoms in total. The standard InChI is InChI=1S/C10H8Br2ClF3/c1-5-2-8(12)6(3-7(5)11)9(13)4-10(14,15)16/h2-3,9H,4H2,1H3. The van der Waals surface area contributed by atoms with Gasteiger partial charge in [-0.2, -0.15) is 13.2 Å². The number of hydrogen-bond donors (Lipinski definition) is 0. The Morgan fingerprint density at radius 2 is 1.81 bits per heavy atom. The first-order chi connectivity index (χ1) is 7.20. The molecular weight excluding hydrogens is 372 g/mol. The molecule has 1 aromatic carbocycles. The second kappa shape index (κ2) is 5.27. The normalized spacial score (nSPS) is 13.9. The first-order valence-corrected chi connectivity index (χ1v) is 6.39. The third-order valence-electron chi connectivity index (χ3n) is 2.03. The number of aryl methyl sites for hydroxylation is 1. The SMILES string of the molecule is Cc1cc(Br)c(C(Cl)CC(F)(F)F)cc1Br. The van der Waals surface area contributed by atoms with Gasteiger partial charge in [0.1, 0.15) is 0 Å². The molecule has 0 aromatic heterocycles. The molecule has 6 heteroatoms. The number of halogens is 6. The van der Waals surface area contributed by atoms with Gasteiger partial charge in [-0.1, -0.05) is 31.9 Å². The van der Waals surface area contributed by atoms with E-state index < -0.39 is 18.0 Å². The molecule has 1 aromatic rings. The summed E-state index contributed by atoms with van der Waals surface area (Å²) in [5.74, 6) is 0. The third-order valence-corrected chi connectivity index (χ3v) is 3.96. The van der Waals surface area contributed by atoms with Crippen molar-refractivity contribution in [3.63, 3.8) is 0 Å². The zero-order valence-electron chi connectivity index (χ0n) is 8.21. The van der Waals surface area contributed by atoms with Gasteiger partial charge in [0.05, 0.1) is 11.8 Å². The quantitative estimate of drug-likeness (QED) is 0.573. The molecule has 90 valence electrons. The van der Waals surface area contributed by atoms with Gasteiger partial charge < -0.3 is 0 Å². The number of hydrogen-bond acceptors (Lipinski definition) is 0. The largest absolute Gasteiger partial charge is 0.390 e. The lowest BCUT2D eigenvalue weighted by Gasteiger charge is -2.15. The molecule has 1 atom stereocenters. The Labute approximate surface area is 113 Å². The molecule has 0 N–H and O–H groups in total. The maximum atomic E-state index is 12.2. The van der Waals surface area contributed by atoms with Crippen molar-refractivity contribution < 1.29 is 13.2 Å². The van der Waals surface area contributed by atoms with Crippen molar-refractivity contribution in [3.8, 4) is 0 Å². The summed E-state index contributed by atoms with van der Waals surface area (Å²) in [6.07, 6.45) is -5.30. The van der Waals surface area contributed by atoms with Gasteiger partial charge >= 0.3 is 6.18 Å². The maximum absolute atomic E-state index is 12.2. The van der Waals surface area contributed by atoms with Crippen molar-refractivity contribution in [3.05, 3.63) is 32.2 Å². The summed E-state index contributed by atoms with van der Waals surface area (Å²) in [5, 5.41) is -1.08. The lowest BCUT2D eigenvalue weighted by atomic mass is 10.1. The molecule has 0 heterocycles. The molecule has 0 saturated carbocycles. The average Bonchev–Trinajstić information content (AvgIpc) is 2.08. The number of alkyl halides is 4. The van der Waals surface area contributed by atoms with Crippen LogP contribution in [0.25, 0.3) is 0 Å². The van der Waals surface area contributed by atoms with E-state index in [1.165, 1.54) is 0 Å². The first-order valence-electron chi connectivity index (χ1n) is 4.37. The molecule has 0 spiro atoms. The Hall–Kier alpha value is 0.260. The van der Waals surface area contributed by atoms with E-state index in [1.54, 1.807) is 12.1 Å². The smallest absolute Gasteiger partial charge is 0.171 e. The highest BCUT2D eigenvalue weighted by Gasteiger charge is 2.32. The maximum Gasteiger partial charge on any atom is 0.390 e.